The molecule has 0 aliphatic heterocycles. The summed E-state index contributed by atoms with van der Waals surface area (Å²) in [5, 5.41) is 0. The number of nitrogens with two attached hydrogens (primary N) is 1. The summed E-state index contributed by atoms with van der Waals surface area (Å²) >= 11 is 0. The van der Waals surface area contributed by atoms with E-state index < -0.39 is 0 Å². The Labute approximate surface area is 102 Å². The van der Waals surface area contributed by atoms with E-state index in [0.717, 1.165) is 12.8 Å². The lowest BCUT2D eigenvalue weighted by molar-refractivity contribution is -0.00921. The van der Waals surface area contributed by atoms with Crippen molar-refractivity contribution in [3.8, 4) is 0 Å². The van der Waals surface area contributed by atoms with Crippen LogP contribution in [0.3, 0.4) is 0 Å². The standard InChI is InChI=1S/C14H20FNO/c1-10-6-7-13(16)14(8-10)17-9-11-4-2-3-5-12(11)15/h2-5,10,13-14H,6-9,16H2,1H3. The molecule has 3 atom stereocenters. The quantitative estimate of drug-likeness (QED) is 0.877. The predicted molar refractivity (Wildman–Crippen MR) is 66.0 cm³/mol. The average Bonchev–Trinajstić information content (AvgIpc) is 2.32. The lowest BCUT2D eigenvalue weighted by atomic mass is 9.85. The van der Waals surface area contributed by atoms with Crippen molar-refractivity contribution in [1.82, 2.24) is 0 Å². The molecule has 3 heteroatoms. The summed E-state index contributed by atoms with van der Waals surface area (Å²) < 4.78 is 19.2. The SMILES string of the molecule is CC1CCC(N)C(OCc2ccccc2F)C1. The van der Waals surface area contributed by atoms with Crippen molar-refractivity contribution in [3.05, 3.63) is 35.6 Å². The van der Waals surface area contributed by atoms with Gasteiger partial charge in [0.05, 0.1) is 12.7 Å². The van der Waals surface area contributed by atoms with E-state index in [1.165, 1.54) is 12.5 Å². The van der Waals surface area contributed by atoms with Gasteiger partial charge in [-0.3, -0.25) is 0 Å². The molecule has 1 aromatic rings. The van der Waals surface area contributed by atoms with Gasteiger partial charge in [0.25, 0.3) is 0 Å². The summed E-state index contributed by atoms with van der Waals surface area (Å²) in [5.74, 6) is 0.449. The zero-order valence-electron chi connectivity index (χ0n) is 10.2. The van der Waals surface area contributed by atoms with Crippen LogP contribution < -0.4 is 5.73 Å². The largest absolute Gasteiger partial charge is 0.372 e. The highest BCUT2D eigenvalue weighted by molar-refractivity contribution is 5.16. The number of hydrogen-bond acceptors (Lipinski definition) is 2. The first-order chi connectivity index (χ1) is 8.16. The number of ether oxygens (including phenoxy) is 1. The molecule has 2 rings (SSSR count). The first kappa shape index (κ1) is 12.5. The van der Waals surface area contributed by atoms with Crippen LogP contribution in [0.5, 0.6) is 0 Å². The second-order valence-corrected chi connectivity index (χ2v) is 5.02. The summed E-state index contributed by atoms with van der Waals surface area (Å²) in [5.41, 5.74) is 6.63. The summed E-state index contributed by atoms with van der Waals surface area (Å²) in [6.45, 7) is 2.53. The fourth-order valence-corrected chi connectivity index (χ4v) is 2.36. The minimum atomic E-state index is -0.204. The fourth-order valence-electron chi connectivity index (χ4n) is 2.36. The van der Waals surface area contributed by atoms with E-state index in [1.54, 1.807) is 12.1 Å². The summed E-state index contributed by atoms with van der Waals surface area (Å²) in [6, 6.07) is 6.83. The molecule has 0 radical (unpaired) electrons. The number of halogens is 1. The van der Waals surface area contributed by atoms with Crippen LogP contribution in [0.25, 0.3) is 0 Å². The van der Waals surface area contributed by atoms with Crippen LogP contribution >= 0.6 is 0 Å². The first-order valence-corrected chi connectivity index (χ1v) is 6.27. The van der Waals surface area contributed by atoms with E-state index in [0.29, 0.717) is 18.1 Å². The van der Waals surface area contributed by atoms with Gasteiger partial charge in [-0.2, -0.15) is 0 Å². The number of hydrogen-bond donors (Lipinski definition) is 1. The van der Waals surface area contributed by atoms with Gasteiger partial charge in [-0.1, -0.05) is 25.1 Å². The van der Waals surface area contributed by atoms with Gasteiger partial charge >= 0.3 is 0 Å². The highest BCUT2D eigenvalue weighted by Gasteiger charge is 2.26. The fraction of sp³-hybridized carbons (Fsp3) is 0.571. The van der Waals surface area contributed by atoms with Gasteiger partial charge in [0.15, 0.2) is 0 Å². The molecular weight excluding hydrogens is 217 g/mol. The molecule has 1 fully saturated rings. The van der Waals surface area contributed by atoms with Crippen molar-refractivity contribution < 1.29 is 9.13 Å². The molecule has 0 amide bonds. The van der Waals surface area contributed by atoms with Gasteiger partial charge in [0.2, 0.25) is 0 Å². The molecule has 3 unspecified atom stereocenters. The van der Waals surface area contributed by atoms with Crippen LogP contribution in [-0.2, 0) is 11.3 Å². The van der Waals surface area contributed by atoms with Crippen LogP contribution in [-0.4, -0.2) is 12.1 Å². The smallest absolute Gasteiger partial charge is 0.128 e. The lowest BCUT2D eigenvalue weighted by Crippen LogP contribution is -2.41. The maximum atomic E-state index is 13.4. The highest BCUT2D eigenvalue weighted by atomic mass is 19.1. The van der Waals surface area contributed by atoms with Crippen LogP contribution in [0.15, 0.2) is 24.3 Å². The normalized spacial score (nSPS) is 29.2. The summed E-state index contributed by atoms with van der Waals surface area (Å²) in [7, 11) is 0. The van der Waals surface area contributed by atoms with Gasteiger partial charge in [0, 0.05) is 11.6 Å². The third-order valence-electron chi connectivity index (χ3n) is 3.52. The van der Waals surface area contributed by atoms with Crippen molar-refractivity contribution in [1.29, 1.82) is 0 Å². The Morgan fingerprint density at radius 2 is 2.12 bits per heavy atom. The molecule has 0 saturated heterocycles. The molecule has 0 heterocycles. The first-order valence-electron chi connectivity index (χ1n) is 6.27. The Morgan fingerprint density at radius 3 is 2.88 bits per heavy atom. The molecular formula is C14H20FNO. The van der Waals surface area contributed by atoms with Crippen LogP contribution in [0.1, 0.15) is 31.7 Å². The Bertz CT molecular complexity index is 369. The lowest BCUT2D eigenvalue weighted by Gasteiger charge is -2.32. The van der Waals surface area contributed by atoms with Gasteiger partial charge < -0.3 is 10.5 Å². The summed E-state index contributed by atoms with van der Waals surface area (Å²) in [4.78, 5) is 0. The van der Waals surface area contributed by atoms with Crippen LogP contribution in [0.4, 0.5) is 4.39 Å². The monoisotopic (exact) mass is 237 g/mol. The maximum absolute atomic E-state index is 13.4. The molecule has 1 aliphatic rings. The zero-order valence-corrected chi connectivity index (χ0v) is 10.2. The molecule has 1 aliphatic carbocycles. The van der Waals surface area contributed by atoms with E-state index in [4.69, 9.17) is 10.5 Å². The van der Waals surface area contributed by atoms with Crippen LogP contribution in [0, 0.1) is 11.7 Å². The molecule has 17 heavy (non-hydrogen) atoms. The van der Waals surface area contributed by atoms with Gasteiger partial charge in [-0.25, -0.2) is 4.39 Å². The van der Waals surface area contributed by atoms with Gasteiger partial charge in [-0.05, 0) is 31.2 Å². The Balaban J connectivity index is 1.91. The average molecular weight is 237 g/mol. The summed E-state index contributed by atoms with van der Waals surface area (Å²) in [6.07, 6.45) is 3.22. The van der Waals surface area contributed by atoms with Crippen molar-refractivity contribution in [2.24, 2.45) is 11.7 Å². The van der Waals surface area contributed by atoms with Crippen molar-refractivity contribution in [3.63, 3.8) is 0 Å². The van der Waals surface area contributed by atoms with Crippen molar-refractivity contribution in [2.75, 3.05) is 0 Å². The third kappa shape index (κ3) is 3.27. The van der Waals surface area contributed by atoms with Crippen LogP contribution in [0.2, 0.25) is 0 Å². The van der Waals surface area contributed by atoms with E-state index in [9.17, 15) is 4.39 Å². The second kappa shape index (κ2) is 5.61. The Hall–Kier alpha value is -0.930. The molecule has 2 nitrogen and oxygen atoms in total. The molecule has 0 bridgehead atoms. The minimum Gasteiger partial charge on any atom is -0.372 e. The second-order valence-electron chi connectivity index (χ2n) is 5.02. The minimum absolute atomic E-state index is 0.0679. The molecule has 1 saturated carbocycles. The van der Waals surface area contributed by atoms with Crippen molar-refractivity contribution >= 4 is 0 Å². The van der Waals surface area contributed by atoms with E-state index in [2.05, 4.69) is 6.92 Å². The number of rotatable bonds is 3. The predicted octanol–water partition coefficient (Wildman–Crippen LogP) is 2.86. The molecule has 94 valence electrons. The van der Waals surface area contributed by atoms with Crippen molar-refractivity contribution in [2.45, 2.75) is 44.9 Å². The topological polar surface area (TPSA) is 35.2 Å². The van der Waals surface area contributed by atoms with Gasteiger partial charge in [0.1, 0.15) is 5.82 Å². The van der Waals surface area contributed by atoms with E-state index >= 15 is 0 Å². The maximum Gasteiger partial charge on any atom is 0.128 e. The van der Waals surface area contributed by atoms with E-state index in [1.807, 2.05) is 6.07 Å². The Kier molecular flexibility index (Phi) is 4.13. The van der Waals surface area contributed by atoms with Gasteiger partial charge in [-0.15, -0.1) is 0 Å². The third-order valence-corrected chi connectivity index (χ3v) is 3.52. The molecule has 0 aromatic heterocycles. The zero-order chi connectivity index (χ0) is 12.3. The molecule has 1 aromatic carbocycles. The highest BCUT2D eigenvalue weighted by Crippen LogP contribution is 2.26. The van der Waals surface area contributed by atoms with E-state index in [-0.39, 0.29) is 18.0 Å². The Morgan fingerprint density at radius 1 is 1.35 bits per heavy atom. The number of benzene rings is 1. The molecule has 2 N–H and O–H groups in total. The molecule has 0 spiro atoms.